The number of rotatable bonds is 11. The lowest BCUT2D eigenvalue weighted by Crippen LogP contribution is -2.47. The summed E-state index contributed by atoms with van der Waals surface area (Å²) in [7, 11) is 2.06. The van der Waals surface area contributed by atoms with Crippen LogP contribution in [0.15, 0.2) is 0 Å². The summed E-state index contributed by atoms with van der Waals surface area (Å²) in [5, 5.41) is 3.38. The highest BCUT2D eigenvalue weighted by Gasteiger charge is 2.36. The standard InChI is InChI=1S/C19H39NO/c1-5-7-8-9-11-17(3)21-19(16-20-4)14-12-18(10-6-2)13-15-19/h17-18,20H,5-16H2,1-4H3. The van der Waals surface area contributed by atoms with Crippen LogP contribution >= 0.6 is 0 Å². The van der Waals surface area contributed by atoms with E-state index in [-0.39, 0.29) is 5.60 Å². The van der Waals surface area contributed by atoms with Gasteiger partial charge in [0.05, 0.1) is 11.7 Å². The van der Waals surface area contributed by atoms with Gasteiger partial charge in [0.1, 0.15) is 0 Å². The number of nitrogens with one attached hydrogen (secondary N) is 1. The first-order valence-electron chi connectivity index (χ1n) is 9.48. The van der Waals surface area contributed by atoms with E-state index in [0.29, 0.717) is 6.10 Å². The van der Waals surface area contributed by atoms with Crippen molar-refractivity contribution in [2.45, 2.75) is 103 Å². The summed E-state index contributed by atoms with van der Waals surface area (Å²) in [4.78, 5) is 0. The van der Waals surface area contributed by atoms with Gasteiger partial charge in [-0.05, 0) is 52.0 Å². The first kappa shape index (κ1) is 19.0. The Hall–Kier alpha value is -0.0800. The molecule has 0 amide bonds. The Labute approximate surface area is 133 Å². The van der Waals surface area contributed by atoms with Gasteiger partial charge in [-0.1, -0.05) is 52.4 Å². The van der Waals surface area contributed by atoms with Crippen molar-refractivity contribution in [2.24, 2.45) is 5.92 Å². The van der Waals surface area contributed by atoms with Crippen molar-refractivity contribution in [1.29, 1.82) is 0 Å². The molecule has 1 saturated carbocycles. The van der Waals surface area contributed by atoms with Crippen molar-refractivity contribution in [3.63, 3.8) is 0 Å². The fraction of sp³-hybridized carbons (Fsp3) is 1.00. The SMILES string of the molecule is CCCCCCC(C)OC1(CNC)CCC(CCC)CC1. The van der Waals surface area contributed by atoms with Crippen LogP contribution in [0.1, 0.15) is 91.4 Å². The number of likely N-dealkylation sites (N-methyl/N-ethyl adjacent to an activating group) is 1. The summed E-state index contributed by atoms with van der Waals surface area (Å²) >= 11 is 0. The van der Waals surface area contributed by atoms with E-state index < -0.39 is 0 Å². The molecule has 0 saturated heterocycles. The van der Waals surface area contributed by atoms with Crippen LogP contribution in [-0.2, 0) is 4.74 Å². The summed E-state index contributed by atoms with van der Waals surface area (Å²) in [5.74, 6) is 0.948. The van der Waals surface area contributed by atoms with E-state index in [1.165, 1.54) is 70.6 Å². The van der Waals surface area contributed by atoms with Crippen molar-refractivity contribution in [2.75, 3.05) is 13.6 Å². The molecule has 0 aromatic heterocycles. The molecule has 21 heavy (non-hydrogen) atoms. The molecule has 0 aromatic carbocycles. The van der Waals surface area contributed by atoms with Crippen molar-refractivity contribution in [1.82, 2.24) is 5.32 Å². The molecule has 2 nitrogen and oxygen atoms in total. The van der Waals surface area contributed by atoms with Crippen LogP contribution in [0.4, 0.5) is 0 Å². The van der Waals surface area contributed by atoms with Crippen LogP contribution in [0.3, 0.4) is 0 Å². The summed E-state index contributed by atoms with van der Waals surface area (Å²) < 4.78 is 6.56. The molecular formula is C19H39NO. The van der Waals surface area contributed by atoms with Crippen LogP contribution in [0, 0.1) is 5.92 Å². The maximum Gasteiger partial charge on any atom is 0.0810 e. The van der Waals surface area contributed by atoms with Crippen LogP contribution in [-0.4, -0.2) is 25.3 Å². The number of hydrogen-bond donors (Lipinski definition) is 1. The van der Waals surface area contributed by atoms with Crippen molar-refractivity contribution >= 4 is 0 Å². The molecule has 1 atom stereocenters. The van der Waals surface area contributed by atoms with Gasteiger partial charge in [-0.3, -0.25) is 0 Å². The molecule has 2 heteroatoms. The van der Waals surface area contributed by atoms with E-state index in [1.807, 2.05) is 0 Å². The number of unbranched alkanes of at least 4 members (excludes halogenated alkanes) is 3. The minimum absolute atomic E-state index is 0.114. The fourth-order valence-corrected chi connectivity index (χ4v) is 3.90. The number of hydrogen-bond acceptors (Lipinski definition) is 2. The van der Waals surface area contributed by atoms with E-state index in [9.17, 15) is 0 Å². The highest BCUT2D eigenvalue weighted by molar-refractivity contribution is 4.89. The zero-order valence-corrected chi connectivity index (χ0v) is 15.0. The maximum absolute atomic E-state index is 6.56. The van der Waals surface area contributed by atoms with Gasteiger partial charge in [0.15, 0.2) is 0 Å². The average Bonchev–Trinajstić information content (AvgIpc) is 2.47. The molecule has 1 N–H and O–H groups in total. The van der Waals surface area contributed by atoms with E-state index in [4.69, 9.17) is 4.74 Å². The topological polar surface area (TPSA) is 21.3 Å². The molecule has 0 spiro atoms. The van der Waals surface area contributed by atoms with Gasteiger partial charge in [-0.2, -0.15) is 0 Å². The highest BCUT2D eigenvalue weighted by atomic mass is 16.5. The Bertz CT molecular complexity index is 246. The van der Waals surface area contributed by atoms with Crippen molar-refractivity contribution in [3.05, 3.63) is 0 Å². The summed E-state index contributed by atoms with van der Waals surface area (Å²) in [6.07, 6.45) is 15.0. The van der Waals surface area contributed by atoms with E-state index in [0.717, 1.165) is 12.5 Å². The highest BCUT2D eigenvalue weighted by Crippen LogP contribution is 2.37. The monoisotopic (exact) mass is 297 g/mol. The minimum Gasteiger partial charge on any atom is -0.371 e. The van der Waals surface area contributed by atoms with E-state index >= 15 is 0 Å². The van der Waals surface area contributed by atoms with Gasteiger partial charge in [0.2, 0.25) is 0 Å². The van der Waals surface area contributed by atoms with Gasteiger partial charge in [0, 0.05) is 6.54 Å². The molecule has 1 rings (SSSR count). The summed E-state index contributed by atoms with van der Waals surface area (Å²) in [6, 6.07) is 0. The molecule has 0 aromatic rings. The average molecular weight is 298 g/mol. The van der Waals surface area contributed by atoms with Gasteiger partial charge in [-0.25, -0.2) is 0 Å². The Morgan fingerprint density at radius 3 is 2.38 bits per heavy atom. The first-order valence-corrected chi connectivity index (χ1v) is 9.48. The third-order valence-corrected chi connectivity index (χ3v) is 5.13. The first-order chi connectivity index (χ1) is 10.2. The predicted molar refractivity (Wildman–Crippen MR) is 92.8 cm³/mol. The van der Waals surface area contributed by atoms with Crippen LogP contribution < -0.4 is 5.32 Å². The van der Waals surface area contributed by atoms with Gasteiger partial charge < -0.3 is 10.1 Å². The molecule has 0 bridgehead atoms. The van der Waals surface area contributed by atoms with Crippen LogP contribution in [0.5, 0.6) is 0 Å². The lowest BCUT2D eigenvalue weighted by atomic mass is 9.77. The summed E-state index contributed by atoms with van der Waals surface area (Å²) in [5.41, 5.74) is 0.114. The zero-order valence-electron chi connectivity index (χ0n) is 15.0. The Morgan fingerprint density at radius 1 is 1.10 bits per heavy atom. The van der Waals surface area contributed by atoms with E-state index in [1.54, 1.807) is 0 Å². The molecule has 1 fully saturated rings. The zero-order chi connectivity index (χ0) is 15.6. The van der Waals surface area contributed by atoms with Crippen LogP contribution in [0.2, 0.25) is 0 Å². The third-order valence-electron chi connectivity index (χ3n) is 5.13. The van der Waals surface area contributed by atoms with E-state index in [2.05, 4.69) is 33.1 Å². The predicted octanol–water partition coefficient (Wildman–Crippen LogP) is 5.31. The molecule has 0 aliphatic heterocycles. The maximum atomic E-state index is 6.56. The van der Waals surface area contributed by atoms with Crippen molar-refractivity contribution in [3.8, 4) is 0 Å². The smallest absolute Gasteiger partial charge is 0.0810 e. The Balaban J connectivity index is 2.38. The second kappa shape index (κ2) is 10.6. The van der Waals surface area contributed by atoms with Gasteiger partial charge in [0.25, 0.3) is 0 Å². The molecular weight excluding hydrogens is 258 g/mol. The minimum atomic E-state index is 0.114. The third kappa shape index (κ3) is 7.15. The molecule has 126 valence electrons. The fourth-order valence-electron chi connectivity index (χ4n) is 3.90. The number of ether oxygens (including phenoxy) is 1. The molecule has 0 radical (unpaired) electrons. The second-order valence-corrected chi connectivity index (χ2v) is 7.22. The van der Waals surface area contributed by atoms with Crippen LogP contribution in [0.25, 0.3) is 0 Å². The molecule has 1 aliphatic carbocycles. The second-order valence-electron chi connectivity index (χ2n) is 7.22. The quantitative estimate of drug-likeness (QED) is 0.522. The van der Waals surface area contributed by atoms with Gasteiger partial charge >= 0.3 is 0 Å². The molecule has 1 aliphatic rings. The Morgan fingerprint density at radius 2 is 1.81 bits per heavy atom. The van der Waals surface area contributed by atoms with Gasteiger partial charge in [-0.15, -0.1) is 0 Å². The molecule has 1 unspecified atom stereocenters. The van der Waals surface area contributed by atoms with Crippen molar-refractivity contribution < 1.29 is 4.74 Å². The lowest BCUT2D eigenvalue weighted by molar-refractivity contribution is -0.114. The normalized spacial score (nSPS) is 27.7. The lowest BCUT2D eigenvalue weighted by Gasteiger charge is -2.42. The molecule has 0 heterocycles. The Kier molecular flexibility index (Phi) is 9.59. The summed E-state index contributed by atoms with van der Waals surface area (Å²) in [6.45, 7) is 7.88. The largest absolute Gasteiger partial charge is 0.371 e.